The minimum atomic E-state index is 0.295. The summed E-state index contributed by atoms with van der Waals surface area (Å²) in [6.45, 7) is 7.43. The van der Waals surface area contributed by atoms with E-state index in [-0.39, 0.29) is 0 Å². The number of aliphatic hydroxyl groups excluding tert-OH is 1. The number of nitrogens with two attached hydrogens (primary N) is 1. The highest BCUT2D eigenvalue weighted by Gasteiger charge is 2.27. The molecule has 0 spiro atoms. The summed E-state index contributed by atoms with van der Waals surface area (Å²) >= 11 is 0. The predicted octanol–water partition coefficient (Wildman–Crippen LogP) is 2.19. The molecule has 26 heavy (non-hydrogen) atoms. The monoisotopic (exact) mass is 360 g/mol. The van der Waals surface area contributed by atoms with Crippen molar-refractivity contribution in [2.24, 2.45) is 0 Å². The predicted molar refractivity (Wildman–Crippen MR) is 110 cm³/mol. The topological polar surface area (TPSA) is 56.0 Å². The fraction of sp³-hybridized carbons (Fsp3) is 0.714. The zero-order valence-corrected chi connectivity index (χ0v) is 16.4. The molecule has 0 unspecified atom stereocenters. The molecule has 1 aromatic carbocycles. The molecule has 0 aromatic heterocycles. The second kappa shape index (κ2) is 9.58. The first-order valence-electron chi connectivity index (χ1n) is 10.3. The Balaban J connectivity index is 1.56. The van der Waals surface area contributed by atoms with E-state index >= 15 is 0 Å². The molecule has 5 heteroatoms. The summed E-state index contributed by atoms with van der Waals surface area (Å²) in [4.78, 5) is 7.70. The Morgan fingerprint density at radius 3 is 2.42 bits per heavy atom. The quantitative estimate of drug-likeness (QED) is 0.577. The maximum absolute atomic E-state index is 8.98. The van der Waals surface area contributed by atoms with Crippen molar-refractivity contribution < 1.29 is 5.11 Å². The maximum atomic E-state index is 8.98. The number of unbranched alkanes of at least 4 members (excludes halogenated alkanes) is 2. The number of hydrogen-bond donors (Lipinski definition) is 2. The molecule has 1 aromatic rings. The Labute approximate surface area is 158 Å². The summed E-state index contributed by atoms with van der Waals surface area (Å²) in [5.41, 5.74) is 9.66. The minimum absolute atomic E-state index is 0.295. The lowest BCUT2D eigenvalue weighted by atomic mass is 9.98. The number of piperazine rings is 1. The normalized spacial score (nSPS) is 20.6. The van der Waals surface area contributed by atoms with Gasteiger partial charge in [0, 0.05) is 63.3 Å². The van der Waals surface area contributed by atoms with Crippen molar-refractivity contribution in [2.45, 2.75) is 44.6 Å². The van der Waals surface area contributed by atoms with Crippen LogP contribution in [0.5, 0.6) is 0 Å². The van der Waals surface area contributed by atoms with Crippen molar-refractivity contribution in [1.29, 1.82) is 0 Å². The largest absolute Gasteiger partial charge is 0.399 e. The Hall–Kier alpha value is -1.30. The van der Waals surface area contributed by atoms with Gasteiger partial charge in [0.15, 0.2) is 0 Å². The average Bonchev–Trinajstić information content (AvgIpc) is 2.66. The van der Waals surface area contributed by atoms with Crippen LogP contribution in [0.2, 0.25) is 0 Å². The van der Waals surface area contributed by atoms with Crippen LogP contribution in [0.3, 0.4) is 0 Å². The van der Waals surface area contributed by atoms with Gasteiger partial charge in [0.1, 0.15) is 0 Å². The van der Waals surface area contributed by atoms with Gasteiger partial charge in [-0.1, -0.05) is 6.42 Å². The second-order valence-corrected chi connectivity index (χ2v) is 7.98. The van der Waals surface area contributed by atoms with E-state index in [4.69, 9.17) is 10.8 Å². The molecule has 0 radical (unpaired) electrons. The summed E-state index contributed by atoms with van der Waals surface area (Å²) < 4.78 is 0. The third-order valence-electron chi connectivity index (χ3n) is 6.07. The van der Waals surface area contributed by atoms with Crippen molar-refractivity contribution >= 4 is 11.4 Å². The minimum Gasteiger partial charge on any atom is -0.399 e. The van der Waals surface area contributed by atoms with Crippen LogP contribution >= 0.6 is 0 Å². The highest BCUT2D eigenvalue weighted by molar-refractivity contribution is 5.60. The number of nitrogens with zero attached hydrogens (tertiary/aromatic N) is 3. The average molecular weight is 361 g/mol. The van der Waals surface area contributed by atoms with Crippen molar-refractivity contribution in [3.63, 3.8) is 0 Å². The Kier molecular flexibility index (Phi) is 7.17. The van der Waals surface area contributed by atoms with Crippen molar-refractivity contribution in [2.75, 3.05) is 63.6 Å². The third-order valence-corrected chi connectivity index (χ3v) is 6.07. The highest BCUT2D eigenvalue weighted by Crippen LogP contribution is 2.29. The van der Waals surface area contributed by atoms with Gasteiger partial charge in [0.2, 0.25) is 0 Å². The molecule has 146 valence electrons. The number of benzene rings is 1. The van der Waals surface area contributed by atoms with E-state index in [0.29, 0.717) is 6.61 Å². The number of aryl methyl sites for hydroxylation is 1. The Morgan fingerprint density at radius 2 is 1.73 bits per heavy atom. The SMILES string of the molecule is CN1CCN(C2CCN(c3ccc(N)cc3CCCCCO)CC2)CC1. The number of likely N-dealkylation sites (N-methyl/N-ethyl adjacent to an activating group) is 1. The molecular weight excluding hydrogens is 324 g/mol. The van der Waals surface area contributed by atoms with E-state index in [9.17, 15) is 0 Å². The third kappa shape index (κ3) is 5.12. The molecule has 2 fully saturated rings. The first-order chi connectivity index (χ1) is 12.7. The maximum Gasteiger partial charge on any atom is 0.0431 e. The van der Waals surface area contributed by atoms with Crippen LogP contribution < -0.4 is 10.6 Å². The number of rotatable bonds is 7. The van der Waals surface area contributed by atoms with Crippen molar-refractivity contribution in [1.82, 2.24) is 9.80 Å². The van der Waals surface area contributed by atoms with E-state index in [0.717, 1.165) is 50.5 Å². The van der Waals surface area contributed by atoms with Crippen molar-refractivity contribution in [3.05, 3.63) is 23.8 Å². The van der Waals surface area contributed by atoms with Gasteiger partial charge in [-0.05, 0) is 62.9 Å². The van der Waals surface area contributed by atoms with E-state index < -0.39 is 0 Å². The van der Waals surface area contributed by atoms with E-state index in [1.165, 1.54) is 50.3 Å². The zero-order valence-electron chi connectivity index (χ0n) is 16.4. The summed E-state index contributed by atoms with van der Waals surface area (Å²) in [5.74, 6) is 0. The Morgan fingerprint density at radius 1 is 1.00 bits per heavy atom. The van der Waals surface area contributed by atoms with Gasteiger partial charge >= 0.3 is 0 Å². The van der Waals surface area contributed by atoms with E-state index in [1.807, 2.05) is 6.07 Å². The van der Waals surface area contributed by atoms with Crippen LogP contribution in [0.15, 0.2) is 18.2 Å². The summed E-state index contributed by atoms with van der Waals surface area (Å²) in [6, 6.07) is 7.16. The van der Waals surface area contributed by atoms with Crippen LogP contribution in [0, 0.1) is 0 Å². The smallest absolute Gasteiger partial charge is 0.0431 e. The zero-order chi connectivity index (χ0) is 18.4. The number of piperidine rings is 1. The molecule has 2 aliphatic rings. The number of aliphatic hydroxyl groups is 1. The molecule has 2 aliphatic heterocycles. The molecule has 0 saturated carbocycles. The van der Waals surface area contributed by atoms with Crippen LogP contribution in [0.1, 0.15) is 37.7 Å². The second-order valence-electron chi connectivity index (χ2n) is 7.98. The number of anilines is 2. The summed E-state index contributed by atoms with van der Waals surface area (Å²) in [7, 11) is 2.23. The first-order valence-corrected chi connectivity index (χ1v) is 10.3. The molecular formula is C21H36N4O. The molecule has 2 saturated heterocycles. The lowest BCUT2D eigenvalue weighted by molar-refractivity contribution is 0.0982. The fourth-order valence-corrected chi connectivity index (χ4v) is 4.38. The fourth-order valence-electron chi connectivity index (χ4n) is 4.38. The molecule has 0 bridgehead atoms. The number of hydrogen-bond acceptors (Lipinski definition) is 5. The standard InChI is InChI=1S/C21H36N4O/c1-23-12-14-24(15-13-23)20-8-10-25(11-9-20)21-7-6-19(22)17-18(21)5-3-2-4-16-26/h6-7,17,20,26H,2-5,8-16,22H2,1H3. The summed E-state index contributed by atoms with van der Waals surface area (Å²) in [5, 5.41) is 8.98. The van der Waals surface area contributed by atoms with Gasteiger partial charge in [0.05, 0.1) is 0 Å². The molecule has 0 aliphatic carbocycles. The number of nitrogen functional groups attached to an aromatic ring is 1. The van der Waals surface area contributed by atoms with Gasteiger partial charge in [0.25, 0.3) is 0 Å². The van der Waals surface area contributed by atoms with Gasteiger partial charge < -0.3 is 20.6 Å². The molecule has 2 heterocycles. The first kappa shape index (κ1) is 19.5. The molecule has 0 amide bonds. The lowest BCUT2D eigenvalue weighted by Crippen LogP contribution is -2.52. The Bertz CT molecular complexity index is 549. The highest BCUT2D eigenvalue weighted by atomic mass is 16.2. The van der Waals surface area contributed by atoms with Crippen LogP contribution in [-0.2, 0) is 6.42 Å². The van der Waals surface area contributed by atoms with Crippen LogP contribution in [-0.4, -0.2) is 73.9 Å². The van der Waals surface area contributed by atoms with Crippen LogP contribution in [0.25, 0.3) is 0 Å². The molecule has 5 nitrogen and oxygen atoms in total. The molecule has 3 rings (SSSR count). The lowest BCUT2D eigenvalue weighted by Gasteiger charge is -2.43. The molecule has 0 atom stereocenters. The van der Waals surface area contributed by atoms with Crippen molar-refractivity contribution in [3.8, 4) is 0 Å². The van der Waals surface area contributed by atoms with Gasteiger partial charge in [-0.3, -0.25) is 4.90 Å². The van der Waals surface area contributed by atoms with Gasteiger partial charge in [-0.2, -0.15) is 0 Å². The van der Waals surface area contributed by atoms with Gasteiger partial charge in [-0.25, -0.2) is 0 Å². The summed E-state index contributed by atoms with van der Waals surface area (Å²) in [6.07, 6.45) is 6.67. The molecule has 3 N–H and O–H groups in total. The van der Waals surface area contributed by atoms with E-state index in [2.05, 4.69) is 33.9 Å². The van der Waals surface area contributed by atoms with Crippen LogP contribution in [0.4, 0.5) is 11.4 Å². The van der Waals surface area contributed by atoms with E-state index in [1.54, 1.807) is 0 Å². The van der Waals surface area contributed by atoms with Gasteiger partial charge in [-0.15, -0.1) is 0 Å².